The number of hydrogen-bond acceptors (Lipinski definition) is 6. The third-order valence-electron chi connectivity index (χ3n) is 4.01. The van der Waals surface area contributed by atoms with Gasteiger partial charge in [0.1, 0.15) is 17.0 Å². The number of carbonyl (C=O) groups is 1. The van der Waals surface area contributed by atoms with Gasteiger partial charge in [-0.05, 0) is 25.2 Å². The maximum absolute atomic E-state index is 12.2. The summed E-state index contributed by atoms with van der Waals surface area (Å²) in [5.41, 5.74) is 0.586. The summed E-state index contributed by atoms with van der Waals surface area (Å²) in [5.74, 6) is 1.83. The zero-order chi connectivity index (χ0) is 15.7. The largest absolute Gasteiger partial charge is 0.462 e. The molecular formula is C16H21N3O2S. The number of carbonyl (C=O) groups excluding carboxylic acids is 1. The standard InChI is InChI=1S/C16H21N3O2S/c1-4-21-16(20)12-8-22-15-13(12)14(17-9-18-15)19-6-10(2)5-11(3)7-19/h8-11H,4-7H2,1-3H3. The Morgan fingerprint density at radius 1 is 1.36 bits per heavy atom. The highest BCUT2D eigenvalue weighted by atomic mass is 32.1. The predicted molar refractivity (Wildman–Crippen MR) is 88.5 cm³/mol. The van der Waals surface area contributed by atoms with Gasteiger partial charge < -0.3 is 9.64 Å². The second kappa shape index (κ2) is 6.20. The van der Waals surface area contributed by atoms with Gasteiger partial charge in [-0.3, -0.25) is 0 Å². The van der Waals surface area contributed by atoms with Gasteiger partial charge in [0, 0.05) is 18.5 Å². The van der Waals surface area contributed by atoms with E-state index >= 15 is 0 Å². The second-order valence-electron chi connectivity index (χ2n) is 6.10. The number of esters is 1. The van der Waals surface area contributed by atoms with Crippen LogP contribution in [0.4, 0.5) is 5.82 Å². The highest BCUT2D eigenvalue weighted by molar-refractivity contribution is 7.17. The Kier molecular flexibility index (Phi) is 4.29. The van der Waals surface area contributed by atoms with Gasteiger partial charge in [-0.15, -0.1) is 11.3 Å². The van der Waals surface area contributed by atoms with Crippen molar-refractivity contribution < 1.29 is 9.53 Å². The van der Waals surface area contributed by atoms with Crippen molar-refractivity contribution in [2.45, 2.75) is 27.2 Å². The van der Waals surface area contributed by atoms with Gasteiger partial charge in [0.25, 0.3) is 0 Å². The molecule has 1 saturated heterocycles. The van der Waals surface area contributed by atoms with E-state index < -0.39 is 0 Å². The third kappa shape index (κ3) is 2.79. The van der Waals surface area contributed by atoms with E-state index in [2.05, 4.69) is 28.7 Å². The molecule has 0 aliphatic carbocycles. The first-order chi connectivity index (χ1) is 10.6. The molecule has 1 aliphatic heterocycles. The molecular weight excluding hydrogens is 298 g/mol. The molecule has 0 aromatic carbocycles. The number of piperidine rings is 1. The predicted octanol–water partition coefficient (Wildman–Crippen LogP) is 3.35. The molecule has 1 aliphatic rings. The van der Waals surface area contributed by atoms with Crippen molar-refractivity contribution in [2.75, 3.05) is 24.6 Å². The summed E-state index contributed by atoms with van der Waals surface area (Å²) >= 11 is 1.47. The fourth-order valence-electron chi connectivity index (χ4n) is 3.29. The Balaban J connectivity index is 2.05. The number of ether oxygens (including phenoxy) is 1. The lowest BCUT2D eigenvalue weighted by Crippen LogP contribution is -2.39. The minimum absolute atomic E-state index is 0.289. The van der Waals surface area contributed by atoms with Gasteiger partial charge in [-0.2, -0.15) is 0 Å². The van der Waals surface area contributed by atoms with Crippen LogP contribution < -0.4 is 4.90 Å². The van der Waals surface area contributed by atoms with Crippen molar-refractivity contribution in [3.63, 3.8) is 0 Å². The summed E-state index contributed by atoms with van der Waals surface area (Å²) in [6, 6.07) is 0. The normalized spacial score (nSPS) is 22.0. The number of hydrogen-bond donors (Lipinski definition) is 0. The van der Waals surface area contributed by atoms with E-state index in [9.17, 15) is 4.79 Å². The molecule has 22 heavy (non-hydrogen) atoms. The number of rotatable bonds is 3. The molecule has 3 rings (SSSR count). The maximum atomic E-state index is 12.2. The fraction of sp³-hybridized carbons (Fsp3) is 0.562. The minimum atomic E-state index is -0.289. The lowest BCUT2D eigenvalue weighted by atomic mass is 9.92. The number of fused-ring (bicyclic) bond motifs is 1. The van der Waals surface area contributed by atoms with Crippen molar-refractivity contribution in [3.05, 3.63) is 17.3 Å². The minimum Gasteiger partial charge on any atom is -0.462 e. The average Bonchev–Trinajstić information content (AvgIpc) is 2.90. The Bertz CT molecular complexity index is 675. The van der Waals surface area contributed by atoms with Crippen LogP contribution in [-0.4, -0.2) is 35.6 Å². The van der Waals surface area contributed by atoms with Crippen molar-refractivity contribution in [3.8, 4) is 0 Å². The van der Waals surface area contributed by atoms with Gasteiger partial charge in [-0.1, -0.05) is 13.8 Å². The molecule has 2 aromatic rings. The Hall–Kier alpha value is -1.69. The quantitative estimate of drug-likeness (QED) is 0.812. The molecule has 118 valence electrons. The van der Waals surface area contributed by atoms with E-state index in [1.165, 1.54) is 17.8 Å². The fourth-order valence-corrected chi connectivity index (χ4v) is 4.16. The van der Waals surface area contributed by atoms with Gasteiger partial charge in [0.05, 0.1) is 17.6 Å². The number of anilines is 1. The number of thiophene rings is 1. The molecule has 2 atom stereocenters. The molecule has 5 nitrogen and oxygen atoms in total. The Labute approximate surface area is 134 Å². The third-order valence-corrected chi connectivity index (χ3v) is 4.90. The van der Waals surface area contributed by atoms with E-state index in [4.69, 9.17) is 4.74 Å². The Morgan fingerprint density at radius 3 is 2.77 bits per heavy atom. The van der Waals surface area contributed by atoms with E-state index in [-0.39, 0.29) is 5.97 Å². The van der Waals surface area contributed by atoms with Crippen LogP contribution in [0.2, 0.25) is 0 Å². The van der Waals surface area contributed by atoms with Crippen LogP contribution in [-0.2, 0) is 4.74 Å². The van der Waals surface area contributed by atoms with Gasteiger partial charge in [-0.25, -0.2) is 14.8 Å². The first-order valence-corrected chi connectivity index (χ1v) is 8.62. The molecule has 2 unspecified atom stereocenters. The smallest absolute Gasteiger partial charge is 0.339 e. The summed E-state index contributed by atoms with van der Waals surface area (Å²) in [4.78, 5) is 24.1. The van der Waals surface area contributed by atoms with Crippen LogP contribution in [0.25, 0.3) is 10.2 Å². The zero-order valence-electron chi connectivity index (χ0n) is 13.2. The van der Waals surface area contributed by atoms with Crippen molar-refractivity contribution in [2.24, 2.45) is 11.8 Å². The molecule has 0 N–H and O–H groups in total. The van der Waals surface area contributed by atoms with Crippen molar-refractivity contribution in [1.29, 1.82) is 0 Å². The average molecular weight is 319 g/mol. The lowest BCUT2D eigenvalue weighted by Gasteiger charge is -2.36. The van der Waals surface area contributed by atoms with Crippen LogP contribution >= 0.6 is 11.3 Å². The molecule has 0 radical (unpaired) electrons. The van der Waals surface area contributed by atoms with Crippen LogP contribution in [0.1, 0.15) is 37.6 Å². The van der Waals surface area contributed by atoms with E-state index in [0.717, 1.165) is 29.1 Å². The molecule has 0 saturated carbocycles. The van der Waals surface area contributed by atoms with E-state index in [1.807, 2.05) is 12.3 Å². The molecule has 0 spiro atoms. The second-order valence-corrected chi connectivity index (χ2v) is 6.96. The molecule has 6 heteroatoms. The molecule has 2 aromatic heterocycles. The topological polar surface area (TPSA) is 55.3 Å². The monoisotopic (exact) mass is 319 g/mol. The summed E-state index contributed by atoms with van der Waals surface area (Å²) in [6.45, 7) is 8.65. The SMILES string of the molecule is CCOC(=O)c1csc2ncnc(N3CC(C)CC(C)C3)c12. The van der Waals surface area contributed by atoms with E-state index in [0.29, 0.717) is 24.0 Å². The zero-order valence-corrected chi connectivity index (χ0v) is 14.0. The molecule has 0 bridgehead atoms. The summed E-state index contributed by atoms with van der Waals surface area (Å²) in [6.07, 6.45) is 2.83. The first-order valence-electron chi connectivity index (χ1n) is 7.74. The highest BCUT2D eigenvalue weighted by Gasteiger charge is 2.27. The lowest BCUT2D eigenvalue weighted by molar-refractivity contribution is 0.0529. The van der Waals surface area contributed by atoms with E-state index in [1.54, 1.807) is 6.33 Å². The van der Waals surface area contributed by atoms with Crippen LogP contribution in [0.5, 0.6) is 0 Å². The maximum Gasteiger partial charge on any atom is 0.339 e. The van der Waals surface area contributed by atoms with Crippen molar-refractivity contribution >= 4 is 33.3 Å². The van der Waals surface area contributed by atoms with Gasteiger partial charge in [0.2, 0.25) is 0 Å². The van der Waals surface area contributed by atoms with Crippen LogP contribution in [0.15, 0.2) is 11.7 Å². The number of nitrogens with zero attached hydrogens (tertiary/aromatic N) is 3. The molecule has 3 heterocycles. The summed E-state index contributed by atoms with van der Waals surface area (Å²) in [7, 11) is 0. The van der Waals surface area contributed by atoms with Crippen LogP contribution in [0, 0.1) is 11.8 Å². The van der Waals surface area contributed by atoms with Crippen LogP contribution in [0.3, 0.4) is 0 Å². The summed E-state index contributed by atoms with van der Waals surface area (Å²) < 4.78 is 5.17. The molecule has 0 amide bonds. The van der Waals surface area contributed by atoms with Gasteiger partial charge >= 0.3 is 5.97 Å². The Morgan fingerprint density at radius 2 is 2.09 bits per heavy atom. The molecule has 1 fully saturated rings. The van der Waals surface area contributed by atoms with Gasteiger partial charge in [0.15, 0.2) is 0 Å². The first kappa shape index (κ1) is 15.2. The summed E-state index contributed by atoms with van der Waals surface area (Å²) in [5, 5.41) is 2.67. The van der Waals surface area contributed by atoms with Crippen molar-refractivity contribution in [1.82, 2.24) is 9.97 Å². The highest BCUT2D eigenvalue weighted by Crippen LogP contribution is 2.34. The number of aromatic nitrogens is 2.